The molecule has 20 heavy (non-hydrogen) atoms. The summed E-state index contributed by atoms with van der Waals surface area (Å²) in [6.45, 7) is 14.9. The third-order valence-corrected chi connectivity index (χ3v) is 5.01. The molecule has 2 fully saturated rings. The Morgan fingerprint density at radius 2 is 2.15 bits per heavy atom. The second-order valence-corrected chi connectivity index (χ2v) is 7.63. The van der Waals surface area contributed by atoms with Crippen molar-refractivity contribution >= 4 is 0 Å². The maximum Gasteiger partial charge on any atom is 0.0673 e. The third-order valence-electron chi connectivity index (χ3n) is 5.01. The van der Waals surface area contributed by atoms with Crippen LogP contribution < -0.4 is 5.32 Å². The van der Waals surface area contributed by atoms with Crippen LogP contribution in [0.3, 0.4) is 0 Å². The quantitative estimate of drug-likeness (QED) is 0.858. The number of ether oxygens (including phenoxy) is 1. The first kappa shape index (κ1) is 16.3. The number of rotatable bonds is 4. The first-order valence-corrected chi connectivity index (χ1v) is 8.57. The average molecular weight is 282 g/mol. The SMILES string of the molecule is CCNC1CCC(C)(C)CC1CN1CCCOC(C)C1. The van der Waals surface area contributed by atoms with Crippen LogP contribution >= 0.6 is 0 Å². The van der Waals surface area contributed by atoms with E-state index in [9.17, 15) is 0 Å². The lowest BCUT2D eigenvalue weighted by Crippen LogP contribution is -2.48. The summed E-state index contributed by atoms with van der Waals surface area (Å²) in [5.74, 6) is 0.795. The van der Waals surface area contributed by atoms with E-state index in [1.807, 2.05) is 0 Å². The Bertz CT molecular complexity index is 293. The van der Waals surface area contributed by atoms with Gasteiger partial charge in [-0.3, -0.25) is 0 Å². The summed E-state index contributed by atoms with van der Waals surface area (Å²) in [4.78, 5) is 2.65. The Hall–Kier alpha value is -0.120. The van der Waals surface area contributed by atoms with Gasteiger partial charge >= 0.3 is 0 Å². The third kappa shape index (κ3) is 4.71. The van der Waals surface area contributed by atoms with Gasteiger partial charge in [0.2, 0.25) is 0 Å². The van der Waals surface area contributed by atoms with Crippen LogP contribution in [0.5, 0.6) is 0 Å². The van der Waals surface area contributed by atoms with E-state index in [0.717, 1.165) is 25.6 Å². The molecule has 0 amide bonds. The average Bonchev–Trinajstić information content (AvgIpc) is 2.57. The number of nitrogens with one attached hydrogen (secondary N) is 1. The molecule has 1 saturated heterocycles. The Kier molecular flexibility index (Phi) is 5.88. The van der Waals surface area contributed by atoms with E-state index < -0.39 is 0 Å². The van der Waals surface area contributed by atoms with Crippen molar-refractivity contribution < 1.29 is 4.74 Å². The molecule has 118 valence electrons. The van der Waals surface area contributed by atoms with E-state index in [1.54, 1.807) is 0 Å². The van der Waals surface area contributed by atoms with Crippen molar-refractivity contribution in [1.29, 1.82) is 0 Å². The van der Waals surface area contributed by atoms with Gasteiger partial charge in [0, 0.05) is 32.3 Å². The maximum absolute atomic E-state index is 5.78. The molecule has 1 heterocycles. The lowest BCUT2D eigenvalue weighted by molar-refractivity contribution is 0.0561. The summed E-state index contributed by atoms with van der Waals surface area (Å²) < 4.78 is 5.78. The van der Waals surface area contributed by atoms with Crippen LogP contribution in [0.2, 0.25) is 0 Å². The minimum absolute atomic E-state index is 0.395. The fraction of sp³-hybridized carbons (Fsp3) is 1.00. The summed E-state index contributed by atoms with van der Waals surface area (Å²) in [6.07, 6.45) is 5.64. The van der Waals surface area contributed by atoms with Crippen molar-refractivity contribution in [1.82, 2.24) is 10.2 Å². The molecule has 2 rings (SSSR count). The Labute approximate surface area is 125 Å². The second kappa shape index (κ2) is 7.24. The Balaban J connectivity index is 1.95. The van der Waals surface area contributed by atoms with Crippen LogP contribution in [0.1, 0.15) is 53.4 Å². The van der Waals surface area contributed by atoms with Gasteiger partial charge in [-0.25, -0.2) is 0 Å². The molecule has 1 saturated carbocycles. The van der Waals surface area contributed by atoms with Crippen molar-refractivity contribution in [3.8, 4) is 0 Å². The fourth-order valence-corrected chi connectivity index (χ4v) is 4.04. The van der Waals surface area contributed by atoms with Crippen molar-refractivity contribution in [3.05, 3.63) is 0 Å². The first-order chi connectivity index (χ1) is 9.50. The molecular weight excluding hydrogens is 248 g/mol. The van der Waals surface area contributed by atoms with E-state index in [2.05, 4.69) is 37.9 Å². The van der Waals surface area contributed by atoms with Crippen molar-refractivity contribution in [2.24, 2.45) is 11.3 Å². The highest BCUT2D eigenvalue weighted by Gasteiger charge is 2.35. The molecule has 0 aromatic carbocycles. The molecule has 1 aliphatic heterocycles. The normalized spacial score (nSPS) is 35.7. The zero-order chi connectivity index (χ0) is 14.6. The highest BCUT2D eigenvalue weighted by atomic mass is 16.5. The van der Waals surface area contributed by atoms with Crippen LogP contribution in [0.4, 0.5) is 0 Å². The molecule has 2 aliphatic rings. The Morgan fingerprint density at radius 1 is 1.35 bits per heavy atom. The summed E-state index contributed by atoms with van der Waals surface area (Å²) >= 11 is 0. The van der Waals surface area contributed by atoms with Gasteiger partial charge in [-0.2, -0.15) is 0 Å². The van der Waals surface area contributed by atoms with Crippen molar-refractivity contribution in [2.75, 3.05) is 32.8 Å². The lowest BCUT2D eigenvalue weighted by atomic mass is 9.69. The lowest BCUT2D eigenvalue weighted by Gasteiger charge is -2.43. The van der Waals surface area contributed by atoms with Gasteiger partial charge in [-0.15, -0.1) is 0 Å². The molecule has 0 spiro atoms. The summed E-state index contributed by atoms with van der Waals surface area (Å²) in [6, 6.07) is 0.715. The van der Waals surface area contributed by atoms with Gasteiger partial charge in [0.1, 0.15) is 0 Å². The highest BCUT2D eigenvalue weighted by Crippen LogP contribution is 2.39. The standard InChI is InChI=1S/C17H34N2O/c1-5-18-16-7-8-17(3,4)11-15(16)13-19-9-6-10-20-14(2)12-19/h14-16,18H,5-13H2,1-4H3. The van der Waals surface area contributed by atoms with E-state index in [1.165, 1.54) is 38.8 Å². The molecule has 1 N–H and O–H groups in total. The molecule has 0 aromatic heterocycles. The number of hydrogen-bond acceptors (Lipinski definition) is 3. The molecule has 0 radical (unpaired) electrons. The van der Waals surface area contributed by atoms with Crippen LogP contribution in [-0.4, -0.2) is 49.8 Å². The minimum Gasteiger partial charge on any atom is -0.377 e. The van der Waals surface area contributed by atoms with E-state index in [0.29, 0.717) is 17.6 Å². The van der Waals surface area contributed by atoms with Crippen LogP contribution in [-0.2, 0) is 4.74 Å². The van der Waals surface area contributed by atoms with Gasteiger partial charge in [0.15, 0.2) is 0 Å². The molecule has 3 nitrogen and oxygen atoms in total. The second-order valence-electron chi connectivity index (χ2n) is 7.63. The van der Waals surface area contributed by atoms with Crippen molar-refractivity contribution in [2.45, 2.75) is 65.5 Å². The monoisotopic (exact) mass is 282 g/mol. The summed E-state index contributed by atoms with van der Waals surface area (Å²) in [7, 11) is 0. The van der Waals surface area contributed by atoms with Crippen LogP contribution in [0.15, 0.2) is 0 Å². The molecule has 0 bridgehead atoms. The van der Waals surface area contributed by atoms with E-state index >= 15 is 0 Å². The molecule has 3 unspecified atom stereocenters. The predicted octanol–water partition coefficient (Wildman–Crippen LogP) is 2.90. The van der Waals surface area contributed by atoms with E-state index in [4.69, 9.17) is 4.74 Å². The number of nitrogens with zero attached hydrogens (tertiary/aromatic N) is 1. The molecule has 3 heteroatoms. The van der Waals surface area contributed by atoms with Gasteiger partial charge in [-0.05, 0) is 50.5 Å². The topological polar surface area (TPSA) is 24.5 Å². The van der Waals surface area contributed by atoms with Gasteiger partial charge in [0.05, 0.1) is 6.10 Å². The largest absolute Gasteiger partial charge is 0.377 e. The molecule has 1 aliphatic carbocycles. The highest BCUT2D eigenvalue weighted by molar-refractivity contribution is 4.90. The van der Waals surface area contributed by atoms with Crippen LogP contribution in [0.25, 0.3) is 0 Å². The zero-order valence-corrected chi connectivity index (χ0v) is 14.0. The smallest absolute Gasteiger partial charge is 0.0673 e. The minimum atomic E-state index is 0.395. The zero-order valence-electron chi connectivity index (χ0n) is 14.0. The molecule has 3 atom stereocenters. The predicted molar refractivity (Wildman–Crippen MR) is 85.1 cm³/mol. The number of hydrogen-bond donors (Lipinski definition) is 1. The summed E-state index contributed by atoms with van der Waals surface area (Å²) in [5, 5.41) is 3.73. The van der Waals surface area contributed by atoms with Crippen molar-refractivity contribution in [3.63, 3.8) is 0 Å². The molecule has 0 aromatic rings. The van der Waals surface area contributed by atoms with Gasteiger partial charge in [-0.1, -0.05) is 20.8 Å². The molecular formula is C17H34N2O. The van der Waals surface area contributed by atoms with Gasteiger partial charge < -0.3 is 15.0 Å². The van der Waals surface area contributed by atoms with E-state index in [-0.39, 0.29) is 0 Å². The van der Waals surface area contributed by atoms with Gasteiger partial charge in [0.25, 0.3) is 0 Å². The summed E-state index contributed by atoms with van der Waals surface area (Å²) in [5.41, 5.74) is 0.518. The van der Waals surface area contributed by atoms with Crippen LogP contribution in [0, 0.1) is 11.3 Å². The Morgan fingerprint density at radius 3 is 2.90 bits per heavy atom. The maximum atomic E-state index is 5.78. The fourth-order valence-electron chi connectivity index (χ4n) is 4.04. The first-order valence-electron chi connectivity index (χ1n) is 8.57.